The first kappa shape index (κ1) is 18.4. The van der Waals surface area contributed by atoms with Gasteiger partial charge in [-0.15, -0.1) is 0 Å². The lowest BCUT2D eigenvalue weighted by molar-refractivity contribution is 0.122. The number of benzene rings is 1. The number of halogens is 1. The predicted molar refractivity (Wildman–Crippen MR) is 105 cm³/mol. The summed E-state index contributed by atoms with van der Waals surface area (Å²) in [6.07, 6.45) is 3.64. The Morgan fingerprint density at radius 3 is 2.61 bits per heavy atom. The molecule has 146 valence electrons. The van der Waals surface area contributed by atoms with Gasteiger partial charge in [0.2, 0.25) is 5.95 Å². The highest BCUT2D eigenvalue weighted by molar-refractivity contribution is 5.51. The third kappa shape index (κ3) is 4.15. The minimum atomic E-state index is -0.461. The van der Waals surface area contributed by atoms with Gasteiger partial charge in [0.1, 0.15) is 17.7 Å². The molecule has 28 heavy (non-hydrogen) atoms. The lowest BCUT2D eigenvalue weighted by Crippen LogP contribution is -2.39. The number of nitriles is 1. The SMILES string of the molecule is N#Cc1ccc(N2CCC(Nc3ccnc(N4CCOCC4)n3)CC2)cc1F. The lowest BCUT2D eigenvalue weighted by Gasteiger charge is -2.34. The molecule has 3 heterocycles. The van der Waals surface area contributed by atoms with Crippen molar-refractivity contribution in [2.75, 3.05) is 54.5 Å². The van der Waals surface area contributed by atoms with E-state index in [1.807, 2.05) is 18.2 Å². The van der Waals surface area contributed by atoms with E-state index in [0.717, 1.165) is 56.5 Å². The van der Waals surface area contributed by atoms with E-state index >= 15 is 0 Å². The van der Waals surface area contributed by atoms with Crippen molar-refractivity contribution in [2.24, 2.45) is 0 Å². The number of hydrogen-bond acceptors (Lipinski definition) is 7. The van der Waals surface area contributed by atoms with Crippen molar-refractivity contribution in [3.63, 3.8) is 0 Å². The molecule has 0 saturated carbocycles. The molecule has 8 heteroatoms. The second kappa shape index (κ2) is 8.40. The molecule has 1 N–H and O–H groups in total. The Bertz CT molecular complexity index is 856. The Morgan fingerprint density at radius 1 is 1.11 bits per heavy atom. The van der Waals surface area contributed by atoms with Crippen LogP contribution < -0.4 is 15.1 Å². The van der Waals surface area contributed by atoms with Gasteiger partial charge >= 0.3 is 0 Å². The van der Waals surface area contributed by atoms with Crippen molar-refractivity contribution < 1.29 is 9.13 Å². The predicted octanol–water partition coefficient (Wildman–Crippen LogP) is 2.40. The maximum Gasteiger partial charge on any atom is 0.227 e. The number of morpholine rings is 1. The molecule has 1 aromatic heterocycles. The third-order valence-electron chi connectivity index (χ3n) is 5.22. The summed E-state index contributed by atoms with van der Waals surface area (Å²) >= 11 is 0. The van der Waals surface area contributed by atoms with Gasteiger partial charge in [0.05, 0.1) is 18.8 Å². The Balaban J connectivity index is 1.34. The standard InChI is InChI=1S/C20H23FN6O/c21-18-13-17(2-1-15(18)14-22)26-7-4-16(5-8-26)24-19-3-6-23-20(25-19)27-9-11-28-12-10-27/h1-3,6,13,16H,4-5,7-12H2,(H,23,24,25). The summed E-state index contributed by atoms with van der Waals surface area (Å²) in [4.78, 5) is 13.3. The van der Waals surface area contributed by atoms with Gasteiger partial charge in [-0.2, -0.15) is 10.2 Å². The summed E-state index contributed by atoms with van der Waals surface area (Å²) in [6, 6.07) is 8.88. The lowest BCUT2D eigenvalue weighted by atomic mass is 10.0. The monoisotopic (exact) mass is 382 g/mol. The molecule has 2 saturated heterocycles. The van der Waals surface area contributed by atoms with Crippen LogP contribution in [0.4, 0.5) is 21.8 Å². The van der Waals surface area contributed by atoms with Crippen LogP contribution in [0.25, 0.3) is 0 Å². The molecular formula is C20H23FN6O. The van der Waals surface area contributed by atoms with E-state index in [-0.39, 0.29) is 5.56 Å². The number of piperidine rings is 1. The quantitative estimate of drug-likeness (QED) is 0.870. The van der Waals surface area contributed by atoms with Gasteiger partial charge in [0, 0.05) is 44.1 Å². The van der Waals surface area contributed by atoms with Crippen molar-refractivity contribution in [1.29, 1.82) is 5.26 Å². The molecular weight excluding hydrogens is 359 g/mol. The van der Waals surface area contributed by atoms with Crippen LogP contribution in [-0.2, 0) is 4.74 Å². The second-order valence-electron chi connectivity index (χ2n) is 7.02. The van der Waals surface area contributed by atoms with E-state index in [1.54, 1.807) is 12.3 Å². The number of nitrogens with zero attached hydrogens (tertiary/aromatic N) is 5. The molecule has 7 nitrogen and oxygen atoms in total. The van der Waals surface area contributed by atoms with Gasteiger partial charge in [0.25, 0.3) is 0 Å². The van der Waals surface area contributed by atoms with Gasteiger partial charge < -0.3 is 19.9 Å². The number of hydrogen-bond donors (Lipinski definition) is 1. The minimum Gasteiger partial charge on any atom is -0.378 e. The Morgan fingerprint density at radius 2 is 1.89 bits per heavy atom. The smallest absolute Gasteiger partial charge is 0.227 e. The van der Waals surface area contributed by atoms with Crippen LogP contribution in [0.3, 0.4) is 0 Å². The molecule has 0 amide bonds. The van der Waals surface area contributed by atoms with Crippen LogP contribution >= 0.6 is 0 Å². The van der Waals surface area contributed by atoms with Gasteiger partial charge in [-0.3, -0.25) is 0 Å². The Kier molecular flexibility index (Phi) is 5.53. The maximum absolute atomic E-state index is 13.9. The van der Waals surface area contributed by atoms with Crippen LogP contribution in [0, 0.1) is 17.1 Å². The van der Waals surface area contributed by atoms with E-state index in [4.69, 9.17) is 10.00 Å². The maximum atomic E-state index is 13.9. The summed E-state index contributed by atoms with van der Waals surface area (Å²) in [6.45, 7) is 4.67. The van der Waals surface area contributed by atoms with Crippen LogP contribution in [0.5, 0.6) is 0 Å². The highest BCUT2D eigenvalue weighted by Gasteiger charge is 2.21. The molecule has 0 bridgehead atoms. The highest BCUT2D eigenvalue weighted by Crippen LogP contribution is 2.24. The number of anilines is 3. The molecule has 2 aliphatic rings. The van der Waals surface area contributed by atoms with Crippen molar-refractivity contribution in [3.8, 4) is 6.07 Å². The molecule has 1 aromatic carbocycles. The zero-order valence-electron chi connectivity index (χ0n) is 15.6. The fourth-order valence-corrected chi connectivity index (χ4v) is 3.63. The number of ether oxygens (including phenoxy) is 1. The molecule has 2 aliphatic heterocycles. The Labute approximate surface area is 163 Å². The van der Waals surface area contributed by atoms with Crippen molar-refractivity contribution >= 4 is 17.5 Å². The van der Waals surface area contributed by atoms with Gasteiger partial charge in [-0.1, -0.05) is 0 Å². The molecule has 0 radical (unpaired) electrons. The highest BCUT2D eigenvalue weighted by atomic mass is 19.1. The summed E-state index contributed by atoms with van der Waals surface area (Å²) < 4.78 is 19.3. The molecule has 0 atom stereocenters. The summed E-state index contributed by atoms with van der Waals surface area (Å²) in [7, 11) is 0. The summed E-state index contributed by atoms with van der Waals surface area (Å²) in [5.41, 5.74) is 0.909. The van der Waals surface area contributed by atoms with Crippen LogP contribution in [-0.4, -0.2) is 55.4 Å². The number of rotatable bonds is 4. The van der Waals surface area contributed by atoms with E-state index in [2.05, 4.69) is 25.1 Å². The zero-order valence-corrected chi connectivity index (χ0v) is 15.6. The van der Waals surface area contributed by atoms with E-state index < -0.39 is 5.82 Å². The topological polar surface area (TPSA) is 77.3 Å². The fourth-order valence-electron chi connectivity index (χ4n) is 3.63. The van der Waals surface area contributed by atoms with Crippen molar-refractivity contribution in [1.82, 2.24) is 9.97 Å². The van der Waals surface area contributed by atoms with Crippen LogP contribution in [0.1, 0.15) is 18.4 Å². The summed E-state index contributed by atoms with van der Waals surface area (Å²) in [5, 5.41) is 12.4. The van der Waals surface area contributed by atoms with E-state index in [0.29, 0.717) is 19.3 Å². The number of aromatic nitrogens is 2. The van der Waals surface area contributed by atoms with Gasteiger partial charge in [-0.05, 0) is 37.1 Å². The zero-order chi connectivity index (χ0) is 19.3. The number of nitrogens with one attached hydrogen (secondary N) is 1. The van der Waals surface area contributed by atoms with Gasteiger partial charge in [0.15, 0.2) is 0 Å². The van der Waals surface area contributed by atoms with E-state index in [9.17, 15) is 4.39 Å². The first-order valence-electron chi connectivity index (χ1n) is 9.60. The summed E-state index contributed by atoms with van der Waals surface area (Å²) in [5.74, 6) is 1.11. The molecule has 0 spiro atoms. The third-order valence-corrected chi connectivity index (χ3v) is 5.22. The first-order chi connectivity index (χ1) is 13.7. The van der Waals surface area contributed by atoms with Crippen LogP contribution in [0.15, 0.2) is 30.5 Å². The van der Waals surface area contributed by atoms with Crippen LogP contribution in [0.2, 0.25) is 0 Å². The van der Waals surface area contributed by atoms with E-state index in [1.165, 1.54) is 6.07 Å². The molecule has 0 aliphatic carbocycles. The minimum absolute atomic E-state index is 0.0835. The van der Waals surface area contributed by atoms with Crippen molar-refractivity contribution in [2.45, 2.75) is 18.9 Å². The molecule has 2 aromatic rings. The largest absolute Gasteiger partial charge is 0.378 e. The molecule has 4 rings (SSSR count). The molecule has 0 unspecified atom stereocenters. The molecule has 2 fully saturated rings. The normalized spacial score (nSPS) is 18.0. The fraction of sp³-hybridized carbons (Fsp3) is 0.450. The van der Waals surface area contributed by atoms with Crippen molar-refractivity contribution in [3.05, 3.63) is 41.8 Å². The second-order valence-corrected chi connectivity index (χ2v) is 7.02. The first-order valence-corrected chi connectivity index (χ1v) is 9.60. The van der Waals surface area contributed by atoms with Gasteiger partial charge in [-0.25, -0.2) is 9.37 Å². The average molecular weight is 382 g/mol. The Hall–Kier alpha value is -2.92. The average Bonchev–Trinajstić information content (AvgIpc) is 2.75.